The number of carbonyl (C=O) groups is 12. The largest absolute Gasteiger partial charge is 0.480 e. The smallest absolute Gasteiger partial charge is 0.326 e. The van der Waals surface area contributed by atoms with Crippen LogP contribution in [0, 0.1) is 17.8 Å². The van der Waals surface area contributed by atoms with E-state index in [1.165, 1.54) is 18.7 Å². The molecule has 16 N–H and O–H groups in total. The molecule has 30 heteroatoms. The molecule has 0 spiro atoms. The van der Waals surface area contributed by atoms with E-state index in [2.05, 4.69) is 67.8 Å². The van der Waals surface area contributed by atoms with Gasteiger partial charge in [0.25, 0.3) is 0 Å². The third kappa shape index (κ3) is 20.0. The number of aliphatic hydroxyl groups excluding tert-OH is 3. The van der Waals surface area contributed by atoms with E-state index in [0.29, 0.717) is 19.3 Å². The number of rotatable bonds is 32. The van der Waals surface area contributed by atoms with Crippen LogP contribution in [0.25, 0.3) is 0 Å². The fourth-order valence-corrected chi connectivity index (χ4v) is 9.13. The van der Waals surface area contributed by atoms with Gasteiger partial charge in [0.1, 0.15) is 60.4 Å². The lowest BCUT2D eigenvalue weighted by Gasteiger charge is -2.35. The number of carbonyl (C=O) groups excluding carboxylic acids is 11. The summed E-state index contributed by atoms with van der Waals surface area (Å²) in [5.41, 5.74) is 11.1. The maximum Gasteiger partial charge on any atom is 0.326 e. The molecule has 16 atom stereocenters. The third-order valence-electron chi connectivity index (χ3n) is 14.4. The Balaban J connectivity index is 2.24. The lowest BCUT2D eigenvalue weighted by Crippen LogP contribution is -2.62. The molecule has 0 radical (unpaired) electrons. The fourth-order valence-electron chi connectivity index (χ4n) is 8.62. The van der Waals surface area contributed by atoms with Gasteiger partial charge >= 0.3 is 5.97 Å². The van der Waals surface area contributed by atoms with Gasteiger partial charge in [-0.2, -0.15) is 25.3 Å². The minimum absolute atomic E-state index is 0.0507. The molecule has 2 rings (SSSR count). The van der Waals surface area contributed by atoms with Crippen molar-refractivity contribution in [1.82, 2.24) is 52.3 Å². The number of aliphatic hydroxyl groups is 3. The first-order valence-electron chi connectivity index (χ1n) is 26.5. The number of nitrogens with two attached hydrogens (primary N) is 2. The summed E-state index contributed by atoms with van der Waals surface area (Å²) in [5, 5.41) is 60.6. The number of aliphatic carboxylic acids is 1. The molecule has 2 aliphatic heterocycles. The van der Waals surface area contributed by atoms with Crippen molar-refractivity contribution in [2.75, 3.05) is 31.2 Å². The molecule has 0 aliphatic carbocycles. The molecule has 2 saturated heterocycles. The molecule has 448 valence electrons. The summed E-state index contributed by atoms with van der Waals surface area (Å²) in [6.07, 6.45) is -1.92. The van der Waals surface area contributed by atoms with Crippen molar-refractivity contribution in [2.24, 2.45) is 29.2 Å². The van der Waals surface area contributed by atoms with E-state index >= 15 is 0 Å². The number of β-amino-alcohol motifs (C(OH)–C–C–N with tert-alkyl or cyclic N) is 1. The van der Waals surface area contributed by atoms with Gasteiger partial charge in [0.05, 0.1) is 24.9 Å². The molecule has 11 amide bonds. The number of nitrogens with zero attached hydrogens (tertiary/aromatic N) is 2. The van der Waals surface area contributed by atoms with Crippen molar-refractivity contribution in [3.8, 4) is 0 Å². The Morgan fingerprint density at radius 3 is 1.62 bits per heavy atom. The van der Waals surface area contributed by atoms with E-state index in [0.717, 1.165) is 4.90 Å². The molecule has 0 saturated carbocycles. The molecule has 0 aromatic rings. The van der Waals surface area contributed by atoms with Gasteiger partial charge in [-0.1, -0.05) is 60.8 Å². The van der Waals surface area contributed by atoms with E-state index in [1.54, 1.807) is 34.6 Å². The average Bonchev–Trinajstić information content (AvgIpc) is 4.08. The molecule has 0 bridgehead atoms. The van der Waals surface area contributed by atoms with Crippen molar-refractivity contribution in [3.63, 3.8) is 0 Å². The maximum absolute atomic E-state index is 14.5. The predicted molar refractivity (Wildman–Crippen MR) is 291 cm³/mol. The van der Waals surface area contributed by atoms with E-state index in [9.17, 15) is 78.0 Å². The highest BCUT2D eigenvalue weighted by atomic mass is 32.1. The van der Waals surface area contributed by atoms with Crippen molar-refractivity contribution >= 4 is 96.2 Å². The highest BCUT2D eigenvalue weighted by Crippen LogP contribution is 2.28. The topological polar surface area (TPSA) is 441 Å². The Morgan fingerprint density at radius 1 is 0.608 bits per heavy atom. The summed E-state index contributed by atoms with van der Waals surface area (Å²) in [5.74, 6) is -12.7. The first kappa shape index (κ1) is 69.3. The minimum atomic E-state index is -1.71. The first-order valence-corrected chi connectivity index (χ1v) is 27.8. The van der Waals surface area contributed by atoms with E-state index in [-0.39, 0.29) is 62.6 Å². The van der Waals surface area contributed by atoms with Gasteiger partial charge in [-0.15, -0.1) is 0 Å². The zero-order valence-corrected chi connectivity index (χ0v) is 47.9. The van der Waals surface area contributed by atoms with E-state index < -0.39 is 168 Å². The lowest BCUT2D eigenvalue weighted by molar-refractivity contribution is -0.149. The zero-order chi connectivity index (χ0) is 60.2. The van der Waals surface area contributed by atoms with Crippen LogP contribution in [-0.4, -0.2) is 211 Å². The normalized spacial score (nSPS) is 21.1. The second kappa shape index (κ2) is 33.1. The van der Waals surface area contributed by atoms with Crippen LogP contribution in [0.15, 0.2) is 0 Å². The molecule has 28 nitrogen and oxygen atoms in total. The van der Waals surface area contributed by atoms with Crippen LogP contribution in [-0.2, 0) is 57.5 Å². The van der Waals surface area contributed by atoms with Crippen LogP contribution in [0.1, 0.15) is 107 Å². The SMILES string of the molecule is CC[C@H](C)[C@H](N)C(=O)N[C@@H](CS)C(=O)N[C@H](C(=O)N[C@@H](C)C(=O)N[C@@H](CO)C(=O)N[C@H](C(=O)N1C[C@H](O)C[C@H]1C(=O)N1CCC[C@H]1C(=O)N[C@H](C(=O)N[C@@H](CS)C(=O)N[C@@H](CCC(N)=O)C(=O)O)[C@@H](C)CC)[C@@H](C)CC)[C@@H](C)O. The molecule has 2 fully saturated rings. The number of carboxylic acid groups (broad SMARTS) is 1. The van der Waals surface area contributed by atoms with Crippen LogP contribution in [0.4, 0.5) is 0 Å². The summed E-state index contributed by atoms with van der Waals surface area (Å²) in [6.45, 7) is 11.4. The summed E-state index contributed by atoms with van der Waals surface area (Å²) in [4.78, 5) is 162. The minimum Gasteiger partial charge on any atom is -0.480 e. The average molecular weight is 1160 g/mol. The van der Waals surface area contributed by atoms with Crippen LogP contribution < -0.4 is 54.0 Å². The van der Waals surface area contributed by atoms with Gasteiger partial charge in [0.2, 0.25) is 65.0 Å². The second-order valence-corrected chi connectivity index (χ2v) is 21.1. The number of likely N-dealkylation sites (tertiary alicyclic amines) is 2. The van der Waals surface area contributed by atoms with Crippen LogP contribution in [0.5, 0.6) is 0 Å². The number of amides is 11. The third-order valence-corrected chi connectivity index (χ3v) is 15.1. The molecular weight excluding hydrogens is 1080 g/mol. The van der Waals surface area contributed by atoms with Crippen molar-refractivity contribution in [1.29, 1.82) is 0 Å². The predicted octanol–water partition coefficient (Wildman–Crippen LogP) is -5.11. The van der Waals surface area contributed by atoms with Crippen molar-refractivity contribution in [2.45, 2.75) is 185 Å². The van der Waals surface area contributed by atoms with Gasteiger partial charge in [-0.25, -0.2) is 4.79 Å². The number of hydrogen-bond donors (Lipinski definition) is 16. The summed E-state index contributed by atoms with van der Waals surface area (Å²) in [6, 6.07) is -15.0. The highest BCUT2D eigenvalue weighted by molar-refractivity contribution is 7.80. The Bertz CT molecular complexity index is 2180. The van der Waals surface area contributed by atoms with Crippen LogP contribution >= 0.6 is 25.3 Å². The Kier molecular flexibility index (Phi) is 29.0. The van der Waals surface area contributed by atoms with Crippen LogP contribution in [0.2, 0.25) is 0 Å². The number of thiol groups is 2. The van der Waals surface area contributed by atoms with Gasteiger partial charge in [0, 0.05) is 37.4 Å². The molecule has 79 heavy (non-hydrogen) atoms. The van der Waals surface area contributed by atoms with E-state index in [4.69, 9.17) is 11.5 Å². The van der Waals surface area contributed by atoms with Gasteiger partial charge in [-0.05, 0) is 50.9 Å². The standard InChI is InChI=1S/C49H84N12O16S2/c1-9-22(4)35(51)44(71)55-31(21-79)42(69)59-38(26(8)63)46(73)52-25(7)39(66)54-29(19-62)40(67)58-37(24(6)11-3)48(75)61-18-27(64)17-33(61)47(74)60-16-12-13-32(60)43(70)57-36(23(5)10-2)45(72)56-30(20-78)41(68)53-28(49(76)77)14-15-34(50)65/h22-33,35-38,62-64,78-79H,9-21,51H2,1-8H3,(H2,50,65)(H,52,73)(H,53,68)(H,54,66)(H,55,71)(H,56,72)(H,57,70)(H,58,67)(H,59,69)(H,76,77)/t22-,23-,24-,25-,26+,27+,28-,29-,30-,31-,32-,33-,35-,36-,37-,38-/m0/s1. The molecule has 0 aromatic carbocycles. The maximum atomic E-state index is 14.5. The number of carboxylic acids is 1. The summed E-state index contributed by atoms with van der Waals surface area (Å²) < 4.78 is 0. The quantitative estimate of drug-likeness (QED) is 0.0280. The van der Waals surface area contributed by atoms with Crippen molar-refractivity contribution in [3.05, 3.63) is 0 Å². The highest BCUT2D eigenvalue weighted by Gasteiger charge is 2.48. The van der Waals surface area contributed by atoms with Crippen molar-refractivity contribution < 1.29 is 78.0 Å². The van der Waals surface area contributed by atoms with Gasteiger partial charge in [-0.3, -0.25) is 52.7 Å². The lowest BCUT2D eigenvalue weighted by atomic mass is 9.96. The molecular formula is C49H84N12O16S2. The first-order chi connectivity index (χ1) is 37.0. The van der Waals surface area contributed by atoms with Crippen LogP contribution in [0.3, 0.4) is 0 Å². The molecule has 0 aromatic heterocycles. The monoisotopic (exact) mass is 1160 g/mol. The van der Waals surface area contributed by atoms with E-state index in [1.807, 2.05) is 6.92 Å². The number of primary amides is 1. The zero-order valence-electron chi connectivity index (χ0n) is 46.1. The molecule has 0 unspecified atom stereocenters. The summed E-state index contributed by atoms with van der Waals surface area (Å²) >= 11 is 8.26. The van der Waals surface area contributed by atoms with Gasteiger partial charge < -0.3 is 84.2 Å². The van der Waals surface area contributed by atoms with Gasteiger partial charge in [0.15, 0.2) is 0 Å². The molecule has 2 heterocycles. The fraction of sp³-hybridized carbons (Fsp3) is 0.755. The molecule has 2 aliphatic rings. The Hall–Kier alpha value is -5.82. The number of nitrogens with one attached hydrogen (secondary N) is 8. The second-order valence-electron chi connectivity index (χ2n) is 20.3. The number of hydrogen-bond acceptors (Lipinski definition) is 18. The Morgan fingerprint density at radius 2 is 1.10 bits per heavy atom. The summed E-state index contributed by atoms with van der Waals surface area (Å²) in [7, 11) is 0. The Labute approximate surface area is 470 Å².